The van der Waals surface area contributed by atoms with Crippen molar-refractivity contribution in [3.63, 3.8) is 0 Å². The fourth-order valence-corrected chi connectivity index (χ4v) is 4.65. The van der Waals surface area contributed by atoms with Crippen molar-refractivity contribution in [2.24, 2.45) is 0 Å². The summed E-state index contributed by atoms with van der Waals surface area (Å²) in [4.78, 5) is 55.9. The maximum absolute atomic E-state index is 13.5. The Hall–Kier alpha value is -5.98. The van der Waals surface area contributed by atoms with Crippen molar-refractivity contribution in [3.8, 4) is 11.3 Å². The van der Waals surface area contributed by atoms with Crippen LogP contribution in [-0.2, 0) is 29.2 Å². The molecule has 0 bridgehead atoms. The molecule has 0 fully saturated rings. The molecule has 0 saturated heterocycles. The number of nitrogens with one attached hydrogen (secondary N) is 5. The number of amides is 3. The molecule has 4 rings (SSSR count). The lowest BCUT2D eigenvalue weighted by molar-refractivity contribution is -0.121. The summed E-state index contributed by atoms with van der Waals surface area (Å²) in [6, 6.07) is 20.5. The van der Waals surface area contributed by atoms with Crippen LogP contribution in [0.15, 0.2) is 83.8 Å². The van der Waals surface area contributed by atoms with Gasteiger partial charge in [-0.25, -0.2) is 9.78 Å². The highest BCUT2D eigenvalue weighted by molar-refractivity contribution is 6.04. The monoisotopic (exact) mass is 652 g/mol. The number of carbonyl (C=O) groups excluding carboxylic acids is 3. The van der Waals surface area contributed by atoms with Crippen LogP contribution in [0.2, 0.25) is 0 Å². The number of carbonyl (C=O) groups is 3. The first-order valence-electron chi connectivity index (χ1n) is 15.4. The highest BCUT2D eigenvalue weighted by Gasteiger charge is 2.18. The minimum absolute atomic E-state index is 0.0805. The molecule has 0 aliphatic heterocycles. The number of nitrogens with zero attached hydrogens (tertiary/aromatic N) is 2. The van der Waals surface area contributed by atoms with Crippen LogP contribution in [0.1, 0.15) is 54.7 Å². The quantitative estimate of drug-likeness (QED) is 0.0750. The van der Waals surface area contributed by atoms with E-state index < -0.39 is 17.6 Å². The number of hydrogen-bond acceptors (Lipinski definition) is 9. The Morgan fingerprint density at radius 2 is 1.62 bits per heavy atom. The fourth-order valence-electron chi connectivity index (χ4n) is 4.65. The number of aromatic nitrogens is 2. The summed E-state index contributed by atoms with van der Waals surface area (Å²) in [6.07, 6.45) is 0.725. The van der Waals surface area contributed by atoms with E-state index >= 15 is 0 Å². The van der Waals surface area contributed by atoms with Gasteiger partial charge in [0.25, 0.3) is 11.5 Å². The topological polar surface area (TPSA) is 193 Å². The highest BCUT2D eigenvalue weighted by Crippen LogP contribution is 2.23. The number of nitrogens with two attached hydrogens (primary N) is 1. The zero-order valence-corrected chi connectivity index (χ0v) is 27.3. The summed E-state index contributed by atoms with van der Waals surface area (Å²) in [7, 11) is 0. The molecule has 13 heteroatoms. The number of benzene rings is 3. The minimum atomic E-state index is -0.745. The number of ether oxygens (including phenoxy) is 1. The number of amidine groups is 1. The van der Waals surface area contributed by atoms with Crippen LogP contribution in [0.3, 0.4) is 0 Å². The van der Waals surface area contributed by atoms with E-state index in [-0.39, 0.29) is 49.3 Å². The molecule has 0 saturated carbocycles. The molecule has 4 aromatic rings. The molecule has 3 aromatic carbocycles. The van der Waals surface area contributed by atoms with Gasteiger partial charge in [0.15, 0.2) is 5.82 Å². The van der Waals surface area contributed by atoms with Gasteiger partial charge < -0.3 is 26.4 Å². The smallest absolute Gasteiger partial charge is 0.413 e. The summed E-state index contributed by atoms with van der Waals surface area (Å²) in [5.74, 6) is -0.818. The molecule has 3 amide bonds. The molecule has 1 aromatic heterocycles. The third kappa shape index (κ3) is 9.76. The molecule has 48 heavy (non-hydrogen) atoms. The Kier molecular flexibility index (Phi) is 11.6. The van der Waals surface area contributed by atoms with Gasteiger partial charge in [-0.15, -0.1) is 0 Å². The molecule has 1 heterocycles. The molecule has 0 atom stereocenters. The van der Waals surface area contributed by atoms with E-state index in [9.17, 15) is 19.2 Å². The van der Waals surface area contributed by atoms with Crippen LogP contribution in [0.4, 0.5) is 16.3 Å². The normalized spacial score (nSPS) is 10.8. The van der Waals surface area contributed by atoms with Gasteiger partial charge in [0.1, 0.15) is 19.0 Å². The van der Waals surface area contributed by atoms with Gasteiger partial charge >= 0.3 is 6.09 Å². The van der Waals surface area contributed by atoms with Crippen molar-refractivity contribution in [2.45, 2.75) is 59.5 Å². The van der Waals surface area contributed by atoms with Gasteiger partial charge in [-0.05, 0) is 57.0 Å². The van der Waals surface area contributed by atoms with Crippen LogP contribution in [0, 0.1) is 5.41 Å². The zero-order valence-electron chi connectivity index (χ0n) is 27.3. The second kappa shape index (κ2) is 16.0. The average Bonchev–Trinajstić information content (AvgIpc) is 3.04. The lowest BCUT2D eigenvalue weighted by atomic mass is 10.1. The van der Waals surface area contributed by atoms with Crippen molar-refractivity contribution in [3.05, 3.63) is 112 Å². The van der Waals surface area contributed by atoms with E-state index in [4.69, 9.17) is 15.9 Å². The Labute approximate surface area is 278 Å². The van der Waals surface area contributed by atoms with Gasteiger partial charge in [0, 0.05) is 41.0 Å². The van der Waals surface area contributed by atoms with E-state index in [2.05, 4.69) is 26.3 Å². The van der Waals surface area contributed by atoms with Crippen molar-refractivity contribution in [1.82, 2.24) is 25.5 Å². The van der Waals surface area contributed by atoms with Crippen LogP contribution in [0.25, 0.3) is 11.3 Å². The van der Waals surface area contributed by atoms with Gasteiger partial charge in [-0.2, -0.15) is 0 Å². The maximum atomic E-state index is 13.5. The van der Waals surface area contributed by atoms with Crippen molar-refractivity contribution in [2.75, 3.05) is 11.1 Å². The Balaban J connectivity index is 1.44. The summed E-state index contributed by atoms with van der Waals surface area (Å²) < 4.78 is 6.46. The van der Waals surface area contributed by atoms with E-state index in [0.717, 1.165) is 11.1 Å². The highest BCUT2D eigenvalue weighted by atomic mass is 16.5. The molecule has 0 spiro atoms. The first kappa shape index (κ1) is 34.9. The molecule has 13 nitrogen and oxygen atoms in total. The molecule has 0 aliphatic carbocycles. The van der Waals surface area contributed by atoms with E-state index in [1.807, 2.05) is 58.0 Å². The predicted molar refractivity (Wildman–Crippen MR) is 185 cm³/mol. The van der Waals surface area contributed by atoms with Crippen LogP contribution in [0.5, 0.6) is 0 Å². The molecule has 0 aliphatic rings. The summed E-state index contributed by atoms with van der Waals surface area (Å²) >= 11 is 0. The second-order valence-corrected chi connectivity index (χ2v) is 11.7. The molecular weight excluding hydrogens is 612 g/mol. The van der Waals surface area contributed by atoms with Crippen molar-refractivity contribution in [1.29, 1.82) is 5.41 Å². The molecule has 250 valence electrons. The second-order valence-electron chi connectivity index (χ2n) is 11.7. The third-order valence-electron chi connectivity index (χ3n) is 6.89. The first-order valence-corrected chi connectivity index (χ1v) is 15.4. The summed E-state index contributed by atoms with van der Waals surface area (Å²) in [5, 5.41) is 19.3. The molecular formula is C35H40N8O5. The first-order chi connectivity index (χ1) is 22.9. The largest absolute Gasteiger partial charge is 0.444 e. The number of alkyl carbamates (subject to hydrolysis) is 1. The number of rotatable bonds is 12. The van der Waals surface area contributed by atoms with Crippen molar-refractivity contribution >= 4 is 35.2 Å². The van der Waals surface area contributed by atoms with Gasteiger partial charge in [-0.3, -0.25) is 29.7 Å². The number of anilines is 2. The zero-order chi connectivity index (χ0) is 34.8. The maximum Gasteiger partial charge on any atom is 0.413 e. The number of hydrogen-bond donors (Lipinski definition) is 6. The van der Waals surface area contributed by atoms with Crippen LogP contribution >= 0.6 is 0 Å². The Morgan fingerprint density at radius 3 is 2.29 bits per heavy atom. The van der Waals surface area contributed by atoms with E-state index in [1.54, 1.807) is 42.5 Å². The van der Waals surface area contributed by atoms with Crippen LogP contribution in [-0.4, -0.2) is 45.4 Å². The lowest BCUT2D eigenvalue weighted by Gasteiger charge is -2.17. The molecule has 7 N–H and O–H groups in total. The fraction of sp³-hybridized carbons (Fsp3) is 0.257. The van der Waals surface area contributed by atoms with Gasteiger partial charge in [-0.1, -0.05) is 54.6 Å². The summed E-state index contributed by atoms with van der Waals surface area (Å²) in [5.41, 5.74) is 9.01. The van der Waals surface area contributed by atoms with E-state index in [0.29, 0.717) is 28.1 Å². The average molecular weight is 653 g/mol. The lowest BCUT2D eigenvalue weighted by Crippen LogP contribution is -2.35. The van der Waals surface area contributed by atoms with Gasteiger partial charge in [0.05, 0.1) is 11.9 Å². The minimum Gasteiger partial charge on any atom is -0.444 e. The van der Waals surface area contributed by atoms with Crippen LogP contribution < -0.4 is 32.6 Å². The summed E-state index contributed by atoms with van der Waals surface area (Å²) in [6.45, 7) is 7.31. The van der Waals surface area contributed by atoms with E-state index in [1.165, 1.54) is 10.8 Å². The predicted octanol–water partition coefficient (Wildman–Crippen LogP) is 4.02. The molecule has 0 radical (unpaired) electrons. The Bertz CT molecular complexity index is 1840. The Morgan fingerprint density at radius 1 is 0.917 bits per heavy atom. The third-order valence-corrected chi connectivity index (χ3v) is 6.89. The SMILES string of the molecule is CC(C)NC(=O)c1cc(N)cc(-c2cnc(NC(C)C)c(=O)n2CC(=O)NCc2ccc(C(=N)NC(=O)OCc3ccccc3)cc2)c1. The number of nitrogen functional groups attached to an aromatic ring is 1. The molecule has 0 unspecified atom stereocenters. The van der Waals surface area contributed by atoms with Crippen molar-refractivity contribution < 1.29 is 19.1 Å². The standard InChI is InChI=1S/C35H40N8O5/c1-21(2)40-32-34(46)43(29(18-39-32)26-14-27(16-28(36)15-26)33(45)41-22(3)4)19-30(44)38-17-23-10-12-25(13-11-23)31(37)42-35(47)48-20-24-8-6-5-7-9-24/h5-16,18,21-22H,17,19-20,36H2,1-4H3,(H,38,44)(H,39,40)(H,41,45)(H2,37,42,47). The van der Waals surface area contributed by atoms with Gasteiger partial charge in [0.2, 0.25) is 5.91 Å².